The zero-order valence-corrected chi connectivity index (χ0v) is 17.2. The highest BCUT2D eigenvalue weighted by atomic mass is 19.4. The Morgan fingerprint density at radius 1 is 1.31 bits per heavy atom. The number of halogens is 5. The number of nitrogens with one attached hydrogen (secondary N) is 2. The van der Waals surface area contributed by atoms with Gasteiger partial charge in [-0.2, -0.15) is 13.2 Å². The number of carbonyl (C=O) groups is 2. The van der Waals surface area contributed by atoms with Crippen LogP contribution in [0.15, 0.2) is 18.2 Å². The molecule has 2 unspecified atom stereocenters. The van der Waals surface area contributed by atoms with Crippen LogP contribution in [-0.4, -0.2) is 65.5 Å². The Hall–Kier alpha value is -2.51. The SMILES string of the molecule is CC[C@H]1Oc2ccc(F)cc2N(CF)C(=O)[C@H]1NC(=O)C(O)(CC)C(O)NCC(F)(F)F. The van der Waals surface area contributed by atoms with Crippen molar-refractivity contribution in [1.82, 2.24) is 10.6 Å². The number of ether oxygens (including phenoxy) is 1. The third-order valence-corrected chi connectivity index (χ3v) is 5.08. The summed E-state index contributed by atoms with van der Waals surface area (Å²) in [5.74, 6) is -3.21. The van der Waals surface area contributed by atoms with Gasteiger partial charge in [0, 0.05) is 6.07 Å². The van der Waals surface area contributed by atoms with Crippen molar-refractivity contribution in [3.63, 3.8) is 0 Å². The van der Waals surface area contributed by atoms with Crippen molar-refractivity contribution in [1.29, 1.82) is 0 Å². The number of hydrogen-bond acceptors (Lipinski definition) is 6. The summed E-state index contributed by atoms with van der Waals surface area (Å²) < 4.78 is 70.3. The largest absolute Gasteiger partial charge is 0.486 e. The molecule has 0 radical (unpaired) electrons. The van der Waals surface area contributed by atoms with E-state index in [2.05, 4.69) is 5.32 Å². The Bertz CT molecular complexity index is 840. The summed E-state index contributed by atoms with van der Waals surface area (Å²) in [7, 11) is 0. The van der Waals surface area contributed by atoms with Crippen LogP contribution in [0.25, 0.3) is 0 Å². The minimum Gasteiger partial charge on any atom is -0.486 e. The molecule has 32 heavy (non-hydrogen) atoms. The van der Waals surface area contributed by atoms with Gasteiger partial charge in [0.15, 0.2) is 12.4 Å². The van der Waals surface area contributed by atoms with Crippen LogP contribution in [0.5, 0.6) is 5.75 Å². The Kier molecular flexibility index (Phi) is 8.02. The Morgan fingerprint density at radius 2 is 1.97 bits per heavy atom. The van der Waals surface area contributed by atoms with Crippen LogP contribution in [0, 0.1) is 5.82 Å². The van der Waals surface area contributed by atoms with E-state index in [0.29, 0.717) is 4.90 Å². The second-order valence-electron chi connectivity index (χ2n) is 7.19. The van der Waals surface area contributed by atoms with Crippen molar-refractivity contribution in [2.45, 2.75) is 56.8 Å². The lowest BCUT2D eigenvalue weighted by molar-refractivity contribution is -0.168. The van der Waals surface area contributed by atoms with E-state index in [4.69, 9.17) is 4.74 Å². The molecule has 180 valence electrons. The molecule has 0 saturated carbocycles. The second-order valence-corrected chi connectivity index (χ2v) is 7.19. The summed E-state index contributed by atoms with van der Waals surface area (Å²) in [6, 6.07) is 1.49. The maximum atomic E-state index is 13.7. The van der Waals surface area contributed by atoms with Crippen LogP contribution in [0.1, 0.15) is 26.7 Å². The first-order valence-corrected chi connectivity index (χ1v) is 9.73. The van der Waals surface area contributed by atoms with Gasteiger partial charge in [0.25, 0.3) is 11.8 Å². The predicted octanol–water partition coefficient (Wildman–Crippen LogP) is 1.35. The quantitative estimate of drug-likeness (QED) is 0.260. The van der Waals surface area contributed by atoms with Gasteiger partial charge in [-0.1, -0.05) is 13.8 Å². The Labute approximate surface area is 180 Å². The molecule has 1 aromatic rings. The van der Waals surface area contributed by atoms with E-state index >= 15 is 0 Å². The predicted molar refractivity (Wildman–Crippen MR) is 102 cm³/mol. The highest BCUT2D eigenvalue weighted by molar-refractivity contribution is 6.02. The second kappa shape index (κ2) is 9.96. The maximum absolute atomic E-state index is 13.7. The average Bonchev–Trinajstić information content (AvgIpc) is 2.84. The highest BCUT2D eigenvalue weighted by Crippen LogP contribution is 2.35. The molecular weight excluding hydrogens is 445 g/mol. The minimum absolute atomic E-state index is 0.0290. The maximum Gasteiger partial charge on any atom is 0.401 e. The van der Waals surface area contributed by atoms with Crippen molar-refractivity contribution in [3.8, 4) is 5.75 Å². The number of fused-ring (bicyclic) bond motifs is 1. The van der Waals surface area contributed by atoms with Crippen LogP contribution in [-0.2, 0) is 9.59 Å². The molecule has 0 bridgehead atoms. The summed E-state index contributed by atoms with van der Waals surface area (Å²) in [5, 5.41) is 24.3. The van der Waals surface area contributed by atoms with E-state index in [-0.39, 0.29) is 17.9 Å². The van der Waals surface area contributed by atoms with Crippen molar-refractivity contribution >= 4 is 17.5 Å². The number of benzene rings is 1. The third kappa shape index (κ3) is 5.45. The van der Waals surface area contributed by atoms with E-state index in [1.165, 1.54) is 13.0 Å². The van der Waals surface area contributed by atoms with E-state index in [1.807, 2.05) is 0 Å². The molecule has 13 heteroatoms. The fourth-order valence-electron chi connectivity index (χ4n) is 3.20. The number of aliphatic hydroxyl groups is 2. The fraction of sp³-hybridized carbons (Fsp3) is 0.579. The van der Waals surface area contributed by atoms with Crippen molar-refractivity contribution in [2.75, 3.05) is 18.2 Å². The van der Waals surface area contributed by atoms with Crippen molar-refractivity contribution in [3.05, 3.63) is 24.0 Å². The first kappa shape index (κ1) is 25.7. The number of carbonyl (C=O) groups excluding carboxylic acids is 2. The van der Waals surface area contributed by atoms with Gasteiger partial charge in [-0.3, -0.25) is 19.8 Å². The van der Waals surface area contributed by atoms with Crippen LogP contribution in [0.4, 0.5) is 27.6 Å². The normalized spacial score (nSPS) is 21.8. The zero-order valence-electron chi connectivity index (χ0n) is 17.2. The molecule has 0 spiro atoms. The molecule has 1 aliphatic heterocycles. The van der Waals surface area contributed by atoms with Gasteiger partial charge in [-0.25, -0.2) is 8.78 Å². The van der Waals surface area contributed by atoms with Gasteiger partial charge in [0.1, 0.15) is 29.9 Å². The van der Waals surface area contributed by atoms with Gasteiger partial charge in [-0.05, 0) is 25.0 Å². The number of nitrogens with zero attached hydrogens (tertiary/aromatic N) is 1. The smallest absolute Gasteiger partial charge is 0.401 e. The molecule has 1 aromatic carbocycles. The number of alkyl halides is 4. The Balaban J connectivity index is 2.32. The molecule has 4 N–H and O–H groups in total. The fourth-order valence-corrected chi connectivity index (χ4v) is 3.20. The summed E-state index contributed by atoms with van der Waals surface area (Å²) in [5.41, 5.74) is -2.97. The summed E-state index contributed by atoms with van der Waals surface area (Å²) in [6.07, 6.45) is -8.57. The molecule has 0 aromatic heterocycles. The van der Waals surface area contributed by atoms with Gasteiger partial charge in [-0.15, -0.1) is 0 Å². The summed E-state index contributed by atoms with van der Waals surface area (Å²) in [6.45, 7) is -0.275. The van der Waals surface area contributed by atoms with Crippen LogP contribution >= 0.6 is 0 Å². The number of anilines is 1. The van der Waals surface area contributed by atoms with Gasteiger partial charge >= 0.3 is 6.18 Å². The first-order chi connectivity index (χ1) is 14.9. The monoisotopic (exact) mass is 469 g/mol. The number of rotatable bonds is 8. The molecule has 1 aliphatic rings. The summed E-state index contributed by atoms with van der Waals surface area (Å²) >= 11 is 0. The first-order valence-electron chi connectivity index (χ1n) is 9.73. The highest BCUT2D eigenvalue weighted by Gasteiger charge is 2.47. The van der Waals surface area contributed by atoms with Gasteiger partial charge < -0.3 is 20.3 Å². The van der Waals surface area contributed by atoms with E-state index in [9.17, 15) is 41.8 Å². The van der Waals surface area contributed by atoms with E-state index in [1.54, 1.807) is 12.2 Å². The molecule has 8 nitrogen and oxygen atoms in total. The molecule has 1 heterocycles. The Morgan fingerprint density at radius 3 is 2.50 bits per heavy atom. The summed E-state index contributed by atoms with van der Waals surface area (Å²) in [4.78, 5) is 26.2. The molecule has 0 aliphatic carbocycles. The van der Waals surface area contributed by atoms with E-state index in [0.717, 1.165) is 12.1 Å². The number of amides is 2. The van der Waals surface area contributed by atoms with Crippen LogP contribution in [0.2, 0.25) is 0 Å². The van der Waals surface area contributed by atoms with Gasteiger partial charge in [0.2, 0.25) is 0 Å². The van der Waals surface area contributed by atoms with Gasteiger partial charge in [0.05, 0.1) is 12.2 Å². The third-order valence-electron chi connectivity index (χ3n) is 5.08. The number of aliphatic hydroxyl groups excluding tert-OH is 1. The van der Waals surface area contributed by atoms with E-state index < -0.39 is 67.5 Å². The molecule has 4 atom stereocenters. The lowest BCUT2D eigenvalue weighted by Crippen LogP contribution is -2.65. The minimum atomic E-state index is -4.73. The standard InChI is InChI=1S/C19H24F5N3O5/c1-3-12-14(15(28)27(9-20)11-7-10(21)5-6-13(11)32-12)26-17(30)18(31,4-2)16(29)25-8-19(22,23)24/h5-7,12,14,16,25,29,31H,3-4,8-9H2,1-2H3,(H,26,30)/t12-,14+,16?,18?/m1/s1. The van der Waals surface area contributed by atoms with Crippen LogP contribution in [0.3, 0.4) is 0 Å². The average molecular weight is 469 g/mol. The molecule has 2 amide bonds. The van der Waals surface area contributed by atoms with Crippen LogP contribution < -0.4 is 20.3 Å². The molecule has 2 rings (SSSR count). The molecular formula is C19H24F5N3O5. The topological polar surface area (TPSA) is 111 Å². The lowest BCUT2D eigenvalue weighted by atomic mass is 9.95. The lowest BCUT2D eigenvalue weighted by Gasteiger charge is -2.34. The van der Waals surface area contributed by atoms with Crippen molar-refractivity contribution < 1.29 is 46.5 Å². The molecule has 0 saturated heterocycles. The molecule has 0 fully saturated rings. The van der Waals surface area contributed by atoms with Crippen molar-refractivity contribution in [2.24, 2.45) is 0 Å². The number of hydrogen-bond donors (Lipinski definition) is 4. The zero-order chi connectivity index (χ0) is 24.3.